The van der Waals surface area contributed by atoms with Gasteiger partial charge in [0, 0.05) is 32.2 Å². The fraction of sp³-hybridized carbons (Fsp3) is 0.286. The molecule has 4 rings (SSSR count). The molecule has 2 amide bonds. The summed E-state index contributed by atoms with van der Waals surface area (Å²) < 4.78 is 10.5. The summed E-state index contributed by atoms with van der Waals surface area (Å²) >= 11 is 1.58. The molecule has 0 saturated carbocycles. The van der Waals surface area contributed by atoms with Gasteiger partial charge in [0.05, 0.1) is 30.4 Å². The number of nitrogens with one attached hydrogen (secondary N) is 1. The first-order valence-corrected chi connectivity index (χ1v) is 10.4. The van der Waals surface area contributed by atoms with Crippen LogP contribution < -0.4 is 9.47 Å². The number of benzene rings is 1. The zero-order valence-electron chi connectivity index (χ0n) is 16.8. The number of aromatic amines is 1. The first-order valence-electron chi connectivity index (χ1n) is 9.50. The molecule has 1 aromatic carbocycles. The summed E-state index contributed by atoms with van der Waals surface area (Å²) in [6.45, 7) is 1.79. The fourth-order valence-corrected chi connectivity index (χ4v) is 4.10. The molecular formula is C21H22N4O4S. The van der Waals surface area contributed by atoms with Crippen LogP contribution in [0.4, 0.5) is 0 Å². The number of methoxy groups -OCH3 is 2. The van der Waals surface area contributed by atoms with Gasteiger partial charge in [0.25, 0.3) is 11.8 Å². The Bertz CT molecular complexity index is 1040. The lowest BCUT2D eigenvalue weighted by Crippen LogP contribution is -2.50. The molecule has 0 radical (unpaired) electrons. The zero-order valence-corrected chi connectivity index (χ0v) is 17.6. The summed E-state index contributed by atoms with van der Waals surface area (Å²) in [5.74, 6) is 0.833. The second-order valence-electron chi connectivity index (χ2n) is 6.79. The number of hydrogen-bond donors (Lipinski definition) is 1. The van der Waals surface area contributed by atoms with E-state index in [1.165, 1.54) is 7.11 Å². The van der Waals surface area contributed by atoms with Gasteiger partial charge in [0.2, 0.25) is 0 Å². The Balaban J connectivity index is 1.40. The highest BCUT2D eigenvalue weighted by Gasteiger charge is 2.28. The maximum atomic E-state index is 12.9. The number of carbonyl (C=O) groups excluding carboxylic acids is 2. The number of thiophene rings is 1. The third kappa shape index (κ3) is 3.88. The van der Waals surface area contributed by atoms with E-state index >= 15 is 0 Å². The molecule has 9 heteroatoms. The molecule has 1 aliphatic heterocycles. The summed E-state index contributed by atoms with van der Waals surface area (Å²) in [4.78, 5) is 30.2. The minimum absolute atomic E-state index is 0.124. The number of piperazine rings is 1. The van der Waals surface area contributed by atoms with Crippen molar-refractivity contribution in [1.82, 2.24) is 20.0 Å². The van der Waals surface area contributed by atoms with Crippen LogP contribution in [0.1, 0.15) is 20.8 Å². The van der Waals surface area contributed by atoms with Crippen molar-refractivity contribution in [2.45, 2.75) is 0 Å². The smallest absolute Gasteiger partial charge is 0.274 e. The molecule has 3 aromatic rings. The monoisotopic (exact) mass is 426 g/mol. The lowest BCUT2D eigenvalue weighted by Gasteiger charge is -2.34. The normalized spacial score (nSPS) is 13.9. The quantitative estimate of drug-likeness (QED) is 0.678. The Morgan fingerprint density at radius 3 is 2.37 bits per heavy atom. The molecular weight excluding hydrogens is 404 g/mol. The molecule has 0 spiro atoms. The van der Waals surface area contributed by atoms with Crippen LogP contribution in [-0.2, 0) is 0 Å². The summed E-state index contributed by atoms with van der Waals surface area (Å²) in [7, 11) is 3.09. The lowest BCUT2D eigenvalue weighted by molar-refractivity contribution is 0.0530. The molecule has 8 nitrogen and oxygen atoms in total. The van der Waals surface area contributed by atoms with Crippen LogP contribution in [0.5, 0.6) is 11.5 Å². The van der Waals surface area contributed by atoms with E-state index in [-0.39, 0.29) is 11.8 Å². The highest BCUT2D eigenvalue weighted by atomic mass is 32.1. The lowest BCUT2D eigenvalue weighted by atomic mass is 10.1. The molecule has 3 heterocycles. The van der Waals surface area contributed by atoms with E-state index in [1.807, 2.05) is 17.5 Å². The van der Waals surface area contributed by atoms with Gasteiger partial charge in [-0.2, -0.15) is 5.10 Å². The number of carbonyl (C=O) groups is 2. The SMILES string of the molecule is COc1ccc(C(=O)N2CCN(C(=O)c3cc(-c4cccs4)[nH]n3)CC2)c(OC)c1. The third-order valence-electron chi connectivity index (χ3n) is 5.08. The van der Waals surface area contributed by atoms with Gasteiger partial charge in [0.15, 0.2) is 5.69 Å². The van der Waals surface area contributed by atoms with Crippen molar-refractivity contribution < 1.29 is 19.1 Å². The van der Waals surface area contributed by atoms with Crippen LogP contribution in [0.3, 0.4) is 0 Å². The second-order valence-corrected chi connectivity index (χ2v) is 7.74. The van der Waals surface area contributed by atoms with Crippen LogP contribution >= 0.6 is 11.3 Å². The first-order chi connectivity index (χ1) is 14.6. The van der Waals surface area contributed by atoms with Gasteiger partial charge in [-0.25, -0.2) is 0 Å². The highest BCUT2D eigenvalue weighted by molar-refractivity contribution is 7.13. The van der Waals surface area contributed by atoms with Gasteiger partial charge in [-0.05, 0) is 29.6 Å². The summed E-state index contributed by atoms with van der Waals surface area (Å²) in [6, 6.07) is 10.8. The van der Waals surface area contributed by atoms with Crippen LogP contribution in [0.15, 0.2) is 41.8 Å². The van der Waals surface area contributed by atoms with Gasteiger partial charge < -0.3 is 19.3 Å². The Morgan fingerprint density at radius 1 is 1.00 bits per heavy atom. The molecule has 1 aliphatic rings. The zero-order chi connectivity index (χ0) is 21.1. The van der Waals surface area contributed by atoms with E-state index < -0.39 is 0 Å². The van der Waals surface area contributed by atoms with Crippen molar-refractivity contribution in [3.8, 4) is 22.1 Å². The average molecular weight is 426 g/mol. The minimum Gasteiger partial charge on any atom is -0.497 e. The molecule has 0 atom stereocenters. The predicted molar refractivity (Wildman–Crippen MR) is 113 cm³/mol. The number of H-pyrrole nitrogens is 1. The Labute approximate surface area is 178 Å². The van der Waals surface area contributed by atoms with Gasteiger partial charge in [-0.3, -0.25) is 14.7 Å². The van der Waals surface area contributed by atoms with Crippen LogP contribution in [0.2, 0.25) is 0 Å². The molecule has 0 unspecified atom stereocenters. The van der Waals surface area contributed by atoms with Crippen LogP contribution in [-0.4, -0.2) is 72.2 Å². The molecule has 1 N–H and O–H groups in total. The average Bonchev–Trinajstić information content (AvgIpc) is 3.50. The second kappa shape index (κ2) is 8.58. The maximum Gasteiger partial charge on any atom is 0.274 e. The molecule has 1 fully saturated rings. The Hall–Kier alpha value is -3.33. The Kier molecular flexibility index (Phi) is 5.71. The maximum absolute atomic E-state index is 12.9. The number of hydrogen-bond acceptors (Lipinski definition) is 6. The van der Waals surface area contributed by atoms with Gasteiger partial charge in [-0.1, -0.05) is 6.07 Å². The summed E-state index contributed by atoms with van der Waals surface area (Å²) in [5, 5.41) is 9.07. The summed E-state index contributed by atoms with van der Waals surface area (Å²) in [5.41, 5.74) is 1.69. The van der Waals surface area contributed by atoms with Crippen LogP contribution in [0, 0.1) is 0 Å². The van der Waals surface area contributed by atoms with E-state index in [2.05, 4.69) is 10.2 Å². The molecule has 30 heavy (non-hydrogen) atoms. The van der Waals surface area contributed by atoms with E-state index in [4.69, 9.17) is 9.47 Å². The van der Waals surface area contributed by atoms with E-state index in [0.717, 1.165) is 10.6 Å². The Morgan fingerprint density at radius 2 is 1.73 bits per heavy atom. The first kappa shape index (κ1) is 20.0. The van der Waals surface area contributed by atoms with Crippen molar-refractivity contribution in [1.29, 1.82) is 0 Å². The van der Waals surface area contributed by atoms with Gasteiger partial charge in [0.1, 0.15) is 11.5 Å². The van der Waals surface area contributed by atoms with Gasteiger partial charge >= 0.3 is 0 Å². The predicted octanol–water partition coefficient (Wildman–Crippen LogP) is 2.75. The van der Waals surface area contributed by atoms with Gasteiger partial charge in [-0.15, -0.1) is 11.3 Å². The third-order valence-corrected chi connectivity index (χ3v) is 5.98. The van der Waals surface area contributed by atoms with Crippen molar-refractivity contribution >= 4 is 23.2 Å². The van der Waals surface area contributed by atoms with E-state index in [9.17, 15) is 9.59 Å². The number of rotatable bonds is 5. The van der Waals surface area contributed by atoms with Crippen molar-refractivity contribution in [3.63, 3.8) is 0 Å². The largest absolute Gasteiger partial charge is 0.497 e. The number of nitrogens with zero attached hydrogens (tertiary/aromatic N) is 3. The summed E-state index contributed by atoms with van der Waals surface area (Å²) in [6.07, 6.45) is 0. The number of amides is 2. The minimum atomic E-state index is -0.136. The molecule has 2 aromatic heterocycles. The van der Waals surface area contributed by atoms with E-state index in [1.54, 1.807) is 52.5 Å². The van der Waals surface area contributed by atoms with Crippen molar-refractivity contribution in [2.75, 3.05) is 40.4 Å². The van der Waals surface area contributed by atoms with Crippen molar-refractivity contribution in [2.24, 2.45) is 0 Å². The standard InChI is InChI=1S/C21H22N4O4S/c1-28-14-5-6-15(18(12-14)29-2)20(26)24-7-9-25(10-8-24)21(27)17-13-16(22-23-17)19-4-3-11-30-19/h3-6,11-13H,7-10H2,1-2H3,(H,22,23). The van der Waals surface area contributed by atoms with Crippen LogP contribution in [0.25, 0.3) is 10.6 Å². The molecule has 156 valence electrons. The molecule has 0 bridgehead atoms. The van der Waals surface area contributed by atoms with Crippen molar-refractivity contribution in [3.05, 3.63) is 53.0 Å². The molecule has 0 aliphatic carbocycles. The van der Waals surface area contributed by atoms with E-state index in [0.29, 0.717) is 48.9 Å². The topological polar surface area (TPSA) is 87.8 Å². The highest BCUT2D eigenvalue weighted by Crippen LogP contribution is 2.27. The number of ether oxygens (including phenoxy) is 2. The molecule has 1 saturated heterocycles. The number of aromatic nitrogens is 2. The fourth-order valence-electron chi connectivity index (χ4n) is 3.41.